The Morgan fingerprint density at radius 2 is 1.48 bits per heavy atom. The number of aromatic hydroxyl groups is 1. The van der Waals surface area contributed by atoms with Crippen molar-refractivity contribution in [2.24, 2.45) is 5.10 Å². The Labute approximate surface area is 197 Å². The van der Waals surface area contributed by atoms with E-state index in [1.54, 1.807) is 6.07 Å². The Kier molecular flexibility index (Phi) is 12.7. The zero-order chi connectivity index (χ0) is 23.7. The second-order valence-electron chi connectivity index (χ2n) is 8.57. The van der Waals surface area contributed by atoms with Crippen LogP contribution in [-0.2, 0) is 9.59 Å². The van der Waals surface area contributed by atoms with Gasteiger partial charge in [0.05, 0.1) is 12.8 Å². The molecule has 0 aliphatic rings. The average molecular weight is 454 g/mol. The van der Waals surface area contributed by atoms with Crippen molar-refractivity contribution in [1.29, 1.82) is 0 Å². The van der Waals surface area contributed by atoms with Gasteiger partial charge in [0.2, 0.25) is 5.91 Å². The number of hydrogen-bond acceptors (Lipinski definition) is 4. The molecule has 0 saturated heterocycles. The smallest absolute Gasteiger partial charge is 0.259 e. The van der Waals surface area contributed by atoms with Crippen molar-refractivity contribution >= 4 is 28.8 Å². The van der Waals surface area contributed by atoms with E-state index in [0.29, 0.717) is 12.0 Å². The average Bonchev–Trinajstić information content (AvgIpc) is 2.82. The van der Waals surface area contributed by atoms with Crippen molar-refractivity contribution in [3.63, 3.8) is 0 Å². The number of hydrazone groups is 1. The summed E-state index contributed by atoms with van der Waals surface area (Å²) in [5, 5.41) is 18.5. The molecule has 0 radical (unpaired) electrons. The fourth-order valence-electron chi connectivity index (χ4n) is 3.85. The molecular weight excluding hydrogens is 414 g/mol. The van der Waals surface area contributed by atoms with E-state index >= 15 is 0 Å². The topological polar surface area (TPSA) is 90.8 Å². The van der Waals surface area contributed by atoms with Crippen LogP contribution in [-0.4, -0.2) is 29.7 Å². The second-order valence-corrected chi connectivity index (χ2v) is 8.57. The second kappa shape index (κ2) is 15.8. The van der Waals surface area contributed by atoms with Crippen LogP contribution in [0.4, 0.5) is 0 Å². The number of hydrogen-bond donors (Lipinski definition) is 3. The van der Waals surface area contributed by atoms with Crippen LogP contribution in [0.5, 0.6) is 5.75 Å². The largest absolute Gasteiger partial charge is 0.507 e. The Morgan fingerprint density at radius 1 is 0.848 bits per heavy atom. The van der Waals surface area contributed by atoms with E-state index in [2.05, 4.69) is 22.8 Å². The van der Waals surface area contributed by atoms with Crippen LogP contribution in [0.2, 0.25) is 0 Å². The van der Waals surface area contributed by atoms with E-state index in [0.717, 1.165) is 23.6 Å². The van der Waals surface area contributed by atoms with Crippen molar-refractivity contribution in [2.45, 2.75) is 84.0 Å². The lowest BCUT2D eigenvalue weighted by molar-refractivity contribution is -0.126. The Balaban J connectivity index is 1.54. The monoisotopic (exact) mass is 453 g/mol. The zero-order valence-electron chi connectivity index (χ0n) is 19.9. The molecule has 0 aromatic heterocycles. The first-order valence-corrected chi connectivity index (χ1v) is 12.4. The van der Waals surface area contributed by atoms with E-state index in [1.165, 1.54) is 64.0 Å². The minimum absolute atomic E-state index is 0.0898. The van der Waals surface area contributed by atoms with Crippen LogP contribution in [0, 0.1) is 0 Å². The molecule has 3 N–H and O–H groups in total. The molecule has 2 amide bonds. The van der Waals surface area contributed by atoms with Crippen molar-refractivity contribution in [3.8, 4) is 5.75 Å². The number of nitrogens with zero attached hydrogens (tertiary/aromatic N) is 1. The van der Waals surface area contributed by atoms with Crippen LogP contribution in [0.15, 0.2) is 41.5 Å². The van der Waals surface area contributed by atoms with Crippen LogP contribution >= 0.6 is 0 Å². The number of carbonyl (C=O) groups is 2. The van der Waals surface area contributed by atoms with Crippen LogP contribution in [0.3, 0.4) is 0 Å². The molecule has 2 aromatic carbocycles. The third-order valence-corrected chi connectivity index (χ3v) is 5.78. The molecule has 0 atom stereocenters. The summed E-state index contributed by atoms with van der Waals surface area (Å²) < 4.78 is 0. The molecule has 0 saturated carbocycles. The Hall–Kier alpha value is -2.89. The highest BCUT2D eigenvalue weighted by Gasteiger charge is 2.06. The molecule has 0 aliphatic heterocycles. The fourth-order valence-corrected chi connectivity index (χ4v) is 3.85. The summed E-state index contributed by atoms with van der Waals surface area (Å²) in [5.41, 5.74) is 2.93. The highest BCUT2D eigenvalue weighted by atomic mass is 16.3. The lowest BCUT2D eigenvalue weighted by Gasteiger charge is -2.06. The zero-order valence-corrected chi connectivity index (χ0v) is 19.9. The number of nitrogens with one attached hydrogen (secondary N) is 2. The molecule has 6 nitrogen and oxygen atoms in total. The molecule has 2 aromatic rings. The lowest BCUT2D eigenvalue weighted by Crippen LogP contribution is -2.34. The predicted molar refractivity (Wildman–Crippen MR) is 135 cm³/mol. The minimum Gasteiger partial charge on any atom is -0.507 e. The van der Waals surface area contributed by atoms with Gasteiger partial charge in [-0.1, -0.05) is 101 Å². The van der Waals surface area contributed by atoms with Crippen molar-refractivity contribution < 1.29 is 14.7 Å². The van der Waals surface area contributed by atoms with Crippen LogP contribution in [0.25, 0.3) is 10.8 Å². The van der Waals surface area contributed by atoms with Gasteiger partial charge in [-0.2, -0.15) is 5.10 Å². The van der Waals surface area contributed by atoms with Gasteiger partial charge < -0.3 is 10.4 Å². The van der Waals surface area contributed by atoms with Crippen molar-refractivity contribution in [1.82, 2.24) is 10.7 Å². The van der Waals surface area contributed by atoms with Gasteiger partial charge in [0.1, 0.15) is 5.75 Å². The first-order valence-electron chi connectivity index (χ1n) is 12.4. The van der Waals surface area contributed by atoms with Gasteiger partial charge in [0, 0.05) is 12.0 Å². The summed E-state index contributed by atoms with van der Waals surface area (Å²) in [7, 11) is 0. The van der Waals surface area contributed by atoms with Gasteiger partial charge in [-0.15, -0.1) is 0 Å². The maximum Gasteiger partial charge on any atom is 0.259 e. The molecule has 33 heavy (non-hydrogen) atoms. The number of phenols is 1. The maximum absolute atomic E-state index is 11.9. The Bertz CT molecular complexity index is 895. The summed E-state index contributed by atoms with van der Waals surface area (Å²) in [5.74, 6) is -0.429. The van der Waals surface area contributed by atoms with Crippen LogP contribution in [0.1, 0.15) is 89.5 Å². The first kappa shape index (κ1) is 26.4. The van der Waals surface area contributed by atoms with Gasteiger partial charge in [-0.05, 0) is 23.3 Å². The summed E-state index contributed by atoms with van der Waals surface area (Å²) >= 11 is 0. The maximum atomic E-state index is 11.9. The lowest BCUT2D eigenvalue weighted by atomic mass is 10.0. The molecule has 0 bridgehead atoms. The highest BCUT2D eigenvalue weighted by Crippen LogP contribution is 2.25. The fraction of sp³-hybridized carbons (Fsp3) is 0.519. The normalized spacial score (nSPS) is 11.2. The van der Waals surface area contributed by atoms with E-state index in [9.17, 15) is 14.7 Å². The molecule has 0 fully saturated rings. The molecule has 0 heterocycles. The number of carbonyl (C=O) groups excluding carboxylic acids is 2. The number of rotatable bonds is 16. The molecule has 0 spiro atoms. The molecule has 0 aliphatic carbocycles. The highest BCUT2D eigenvalue weighted by molar-refractivity contribution is 6.02. The summed E-state index contributed by atoms with van der Waals surface area (Å²) in [4.78, 5) is 23.9. The predicted octanol–water partition coefficient (Wildman–Crippen LogP) is 5.81. The number of benzene rings is 2. The standard InChI is InChI=1S/C27H39N3O3/c1-2-3-4-5-6-7-8-9-10-11-12-17-26(32)28-21-27(33)30-29-20-24-23-16-14-13-15-22(23)18-19-25(24)31/h13-16,18-20,31H,2-12,17,21H2,1H3,(H,28,32)(H,30,33). The van der Waals surface area contributed by atoms with E-state index in [1.807, 2.05) is 30.3 Å². The summed E-state index contributed by atoms with van der Waals surface area (Å²) in [6.07, 6.45) is 15.5. The molecule has 6 heteroatoms. The van der Waals surface area contributed by atoms with Gasteiger partial charge in [0.25, 0.3) is 5.91 Å². The SMILES string of the molecule is CCCCCCCCCCCCCC(=O)NCC(=O)NN=Cc1c(O)ccc2ccccc12. The molecule has 0 unspecified atom stereocenters. The number of unbranched alkanes of at least 4 members (excludes halogenated alkanes) is 10. The molecule has 2 rings (SSSR count). The van der Waals surface area contributed by atoms with E-state index in [-0.39, 0.29) is 18.2 Å². The minimum atomic E-state index is -0.404. The number of amides is 2. The third kappa shape index (κ3) is 10.5. The molecular formula is C27H39N3O3. The van der Waals surface area contributed by atoms with Crippen LogP contribution < -0.4 is 10.7 Å². The number of fused-ring (bicyclic) bond motifs is 1. The van der Waals surface area contributed by atoms with E-state index in [4.69, 9.17) is 0 Å². The third-order valence-electron chi connectivity index (χ3n) is 5.78. The van der Waals surface area contributed by atoms with Crippen molar-refractivity contribution in [2.75, 3.05) is 6.54 Å². The molecule has 180 valence electrons. The Morgan fingerprint density at radius 3 is 2.18 bits per heavy atom. The quantitative estimate of drug-likeness (QED) is 0.170. The van der Waals surface area contributed by atoms with Crippen molar-refractivity contribution in [3.05, 3.63) is 42.0 Å². The van der Waals surface area contributed by atoms with E-state index < -0.39 is 5.91 Å². The summed E-state index contributed by atoms with van der Waals surface area (Å²) in [6.45, 7) is 2.13. The number of phenolic OH excluding ortho intramolecular Hbond substituents is 1. The van der Waals surface area contributed by atoms with Gasteiger partial charge >= 0.3 is 0 Å². The van der Waals surface area contributed by atoms with Gasteiger partial charge in [-0.25, -0.2) is 5.43 Å². The first-order chi connectivity index (χ1) is 16.1. The van der Waals surface area contributed by atoms with Gasteiger partial charge in [0.15, 0.2) is 0 Å². The van der Waals surface area contributed by atoms with Gasteiger partial charge in [-0.3, -0.25) is 9.59 Å². The summed E-state index contributed by atoms with van der Waals surface area (Å²) in [6, 6.07) is 11.0.